The Kier molecular flexibility index (Phi) is 4.18. The number of hydrogen-bond donors (Lipinski definition) is 3. The van der Waals surface area contributed by atoms with Crippen molar-refractivity contribution in [3.63, 3.8) is 0 Å². The number of hydrogen-bond acceptors (Lipinski definition) is 6. The Bertz CT molecular complexity index is 404. The van der Waals surface area contributed by atoms with Crippen LogP contribution in [-0.2, 0) is 9.53 Å². The van der Waals surface area contributed by atoms with Gasteiger partial charge in [0.2, 0.25) is 0 Å². The van der Waals surface area contributed by atoms with Gasteiger partial charge in [-0.3, -0.25) is 4.79 Å². The van der Waals surface area contributed by atoms with E-state index in [2.05, 4.69) is 9.97 Å². The van der Waals surface area contributed by atoms with E-state index in [1.54, 1.807) is 6.92 Å². The molecule has 0 bridgehead atoms. The van der Waals surface area contributed by atoms with E-state index in [1.165, 1.54) is 0 Å². The number of carboxylic acids is 1. The number of nitrogens with two attached hydrogens (primary N) is 1. The molecule has 0 aliphatic rings. The number of aromatic amines is 1. The maximum atomic E-state index is 11.3. The normalized spacial score (nSPS) is 10.1. The number of imidazole rings is 1. The van der Waals surface area contributed by atoms with Crippen LogP contribution in [0.5, 0.6) is 0 Å². The minimum atomic E-state index is -0.974. The van der Waals surface area contributed by atoms with Crippen LogP contribution >= 0.6 is 11.8 Å². The molecule has 0 radical (unpaired) electrons. The zero-order chi connectivity index (χ0) is 12.1. The zero-order valence-corrected chi connectivity index (χ0v) is 9.34. The molecule has 1 aromatic heterocycles. The fourth-order valence-corrected chi connectivity index (χ4v) is 1.52. The molecule has 0 aliphatic carbocycles. The molecule has 1 aromatic rings. The number of aromatic nitrogens is 2. The summed E-state index contributed by atoms with van der Waals surface area (Å²) < 4.78 is 4.73. The van der Waals surface area contributed by atoms with E-state index in [0.29, 0.717) is 0 Å². The lowest BCUT2D eigenvalue weighted by molar-refractivity contribution is -0.133. The lowest BCUT2D eigenvalue weighted by Crippen LogP contribution is -2.07. The van der Waals surface area contributed by atoms with Crippen molar-refractivity contribution in [2.45, 2.75) is 12.1 Å². The molecular weight excluding hydrogens is 234 g/mol. The maximum absolute atomic E-state index is 11.3. The molecule has 0 saturated heterocycles. The third-order valence-corrected chi connectivity index (χ3v) is 2.38. The Morgan fingerprint density at radius 2 is 2.31 bits per heavy atom. The van der Waals surface area contributed by atoms with Gasteiger partial charge in [0.1, 0.15) is 0 Å². The molecular formula is C8H11N3O4S. The van der Waals surface area contributed by atoms with Crippen molar-refractivity contribution in [3.8, 4) is 0 Å². The summed E-state index contributed by atoms with van der Waals surface area (Å²) in [5.41, 5.74) is 5.53. The first kappa shape index (κ1) is 12.4. The van der Waals surface area contributed by atoms with Gasteiger partial charge in [-0.15, -0.1) is 0 Å². The quantitative estimate of drug-likeness (QED) is 0.505. The second-order valence-electron chi connectivity index (χ2n) is 2.71. The standard InChI is InChI=1S/C8H11N3O4S/c1-2-15-7(14)5-6(9)11-8(10-5)16-3-4(12)13/h2-3,9H2,1H3,(H,10,11)(H,12,13). The fourth-order valence-electron chi connectivity index (χ4n) is 0.922. The van der Waals surface area contributed by atoms with Crippen LogP contribution in [0, 0.1) is 0 Å². The number of nitrogens with one attached hydrogen (secondary N) is 1. The summed E-state index contributed by atoms with van der Waals surface area (Å²) in [6.07, 6.45) is 0. The van der Waals surface area contributed by atoms with Gasteiger partial charge >= 0.3 is 11.9 Å². The van der Waals surface area contributed by atoms with Gasteiger partial charge in [0.25, 0.3) is 0 Å². The number of aliphatic carboxylic acids is 1. The molecule has 7 nitrogen and oxygen atoms in total. The van der Waals surface area contributed by atoms with Gasteiger partial charge in [0.05, 0.1) is 12.4 Å². The number of carbonyl (C=O) groups excluding carboxylic acids is 1. The number of H-pyrrole nitrogens is 1. The monoisotopic (exact) mass is 245 g/mol. The molecule has 16 heavy (non-hydrogen) atoms. The zero-order valence-electron chi connectivity index (χ0n) is 8.52. The Morgan fingerprint density at radius 1 is 1.62 bits per heavy atom. The molecule has 0 spiro atoms. The molecule has 88 valence electrons. The summed E-state index contributed by atoms with van der Waals surface area (Å²) in [5.74, 6) is -1.73. The van der Waals surface area contributed by atoms with Crippen molar-refractivity contribution in [2.75, 3.05) is 18.1 Å². The molecule has 1 heterocycles. The highest BCUT2D eigenvalue weighted by Crippen LogP contribution is 2.18. The molecule has 0 atom stereocenters. The van der Waals surface area contributed by atoms with E-state index in [-0.39, 0.29) is 29.0 Å². The average molecular weight is 245 g/mol. The third kappa shape index (κ3) is 3.16. The fraction of sp³-hybridized carbons (Fsp3) is 0.375. The van der Waals surface area contributed by atoms with Crippen molar-refractivity contribution in [3.05, 3.63) is 5.69 Å². The number of rotatable bonds is 5. The number of ether oxygens (including phenoxy) is 1. The van der Waals surface area contributed by atoms with E-state index < -0.39 is 11.9 Å². The van der Waals surface area contributed by atoms with Crippen LogP contribution in [-0.4, -0.2) is 39.4 Å². The van der Waals surface area contributed by atoms with Crippen molar-refractivity contribution in [1.29, 1.82) is 0 Å². The second kappa shape index (κ2) is 5.40. The Labute approximate surface area is 95.4 Å². The lowest BCUT2D eigenvalue weighted by atomic mass is 10.4. The Hall–Kier alpha value is -1.70. The molecule has 1 rings (SSSR count). The Morgan fingerprint density at radius 3 is 2.88 bits per heavy atom. The summed E-state index contributed by atoms with van der Waals surface area (Å²) in [7, 11) is 0. The van der Waals surface area contributed by atoms with Gasteiger partial charge in [0, 0.05) is 0 Å². The van der Waals surface area contributed by atoms with Crippen LogP contribution in [0.3, 0.4) is 0 Å². The summed E-state index contributed by atoms with van der Waals surface area (Å²) in [4.78, 5) is 28.1. The van der Waals surface area contributed by atoms with E-state index in [4.69, 9.17) is 15.6 Å². The maximum Gasteiger partial charge on any atom is 0.358 e. The minimum absolute atomic E-state index is 0.00587. The highest BCUT2D eigenvalue weighted by Gasteiger charge is 2.16. The van der Waals surface area contributed by atoms with E-state index in [9.17, 15) is 9.59 Å². The average Bonchev–Trinajstić information content (AvgIpc) is 2.57. The lowest BCUT2D eigenvalue weighted by Gasteiger charge is -1.98. The molecule has 0 saturated carbocycles. The van der Waals surface area contributed by atoms with Crippen LogP contribution in [0.1, 0.15) is 17.4 Å². The van der Waals surface area contributed by atoms with E-state index >= 15 is 0 Å². The van der Waals surface area contributed by atoms with Gasteiger partial charge in [0.15, 0.2) is 16.7 Å². The Balaban J connectivity index is 2.73. The molecule has 0 unspecified atom stereocenters. The van der Waals surface area contributed by atoms with Crippen LogP contribution in [0.15, 0.2) is 5.16 Å². The first-order valence-corrected chi connectivity index (χ1v) is 5.40. The summed E-state index contributed by atoms with van der Waals surface area (Å²) in [6.45, 7) is 1.90. The first-order valence-electron chi connectivity index (χ1n) is 4.41. The predicted octanol–water partition coefficient (Wildman–Crippen LogP) is 0.345. The number of anilines is 1. The smallest absolute Gasteiger partial charge is 0.358 e. The van der Waals surface area contributed by atoms with Gasteiger partial charge in [-0.1, -0.05) is 11.8 Å². The van der Waals surface area contributed by atoms with Crippen molar-refractivity contribution in [1.82, 2.24) is 9.97 Å². The summed E-state index contributed by atoms with van der Waals surface area (Å²) in [6, 6.07) is 0. The number of nitrogens with zero attached hydrogens (tertiary/aromatic N) is 1. The van der Waals surface area contributed by atoms with Crippen LogP contribution in [0.4, 0.5) is 5.82 Å². The number of esters is 1. The highest BCUT2D eigenvalue weighted by molar-refractivity contribution is 7.99. The summed E-state index contributed by atoms with van der Waals surface area (Å²) in [5, 5.41) is 8.74. The predicted molar refractivity (Wildman–Crippen MR) is 57.3 cm³/mol. The van der Waals surface area contributed by atoms with E-state index in [0.717, 1.165) is 11.8 Å². The van der Waals surface area contributed by atoms with Crippen LogP contribution < -0.4 is 5.73 Å². The SMILES string of the molecule is CCOC(=O)c1[nH]c(SCC(=O)O)nc1N. The first-order chi connectivity index (χ1) is 7.54. The molecule has 8 heteroatoms. The van der Waals surface area contributed by atoms with E-state index in [1.807, 2.05) is 0 Å². The van der Waals surface area contributed by atoms with Crippen LogP contribution in [0.25, 0.3) is 0 Å². The largest absolute Gasteiger partial charge is 0.481 e. The topological polar surface area (TPSA) is 118 Å². The molecule has 0 aliphatic heterocycles. The molecule has 0 fully saturated rings. The summed E-state index contributed by atoms with van der Waals surface area (Å²) >= 11 is 0.945. The second-order valence-corrected chi connectivity index (χ2v) is 3.67. The van der Waals surface area contributed by atoms with Gasteiger partial charge in [-0.25, -0.2) is 9.78 Å². The molecule has 0 amide bonds. The highest BCUT2D eigenvalue weighted by atomic mass is 32.2. The van der Waals surface area contributed by atoms with Crippen molar-refractivity contribution >= 4 is 29.5 Å². The van der Waals surface area contributed by atoms with Gasteiger partial charge < -0.3 is 20.6 Å². The molecule has 0 aromatic carbocycles. The van der Waals surface area contributed by atoms with Crippen LogP contribution in [0.2, 0.25) is 0 Å². The number of carboxylic acid groups (broad SMARTS) is 1. The van der Waals surface area contributed by atoms with Gasteiger partial charge in [-0.2, -0.15) is 0 Å². The van der Waals surface area contributed by atoms with Crippen molar-refractivity contribution < 1.29 is 19.4 Å². The third-order valence-electron chi connectivity index (χ3n) is 1.52. The number of nitrogen functional groups attached to an aromatic ring is 1. The van der Waals surface area contributed by atoms with Crippen molar-refractivity contribution in [2.24, 2.45) is 0 Å². The minimum Gasteiger partial charge on any atom is -0.481 e. The number of carbonyl (C=O) groups is 2. The number of thioether (sulfide) groups is 1. The molecule has 4 N–H and O–H groups in total. The van der Waals surface area contributed by atoms with Gasteiger partial charge in [-0.05, 0) is 6.92 Å².